The number of thioether (sulfide) groups is 1. The number of carbonyl (C=O) groups excluding carboxylic acids is 2. The van der Waals surface area contributed by atoms with E-state index >= 15 is 0 Å². The minimum absolute atomic E-state index is 0.173. The summed E-state index contributed by atoms with van der Waals surface area (Å²) in [6.07, 6.45) is 3.13. The summed E-state index contributed by atoms with van der Waals surface area (Å²) in [7, 11) is 0. The van der Waals surface area contributed by atoms with Crippen molar-refractivity contribution in [2.75, 3.05) is 17.7 Å². The van der Waals surface area contributed by atoms with Crippen LogP contribution in [0.1, 0.15) is 60.6 Å². The van der Waals surface area contributed by atoms with Crippen LogP contribution in [0.25, 0.3) is 0 Å². The molecule has 2 heterocycles. The number of anilines is 1. The Morgan fingerprint density at radius 3 is 2.74 bits per heavy atom. The molecule has 0 atom stereocenters. The van der Waals surface area contributed by atoms with Gasteiger partial charge in [-0.25, -0.2) is 4.79 Å². The van der Waals surface area contributed by atoms with Gasteiger partial charge in [0.1, 0.15) is 10.8 Å². The van der Waals surface area contributed by atoms with Crippen molar-refractivity contribution in [1.82, 2.24) is 14.8 Å². The Hall–Kier alpha value is -1.87. The van der Waals surface area contributed by atoms with Crippen LogP contribution >= 0.6 is 23.1 Å². The summed E-state index contributed by atoms with van der Waals surface area (Å²) in [6, 6.07) is 1.79. The van der Waals surface area contributed by atoms with Crippen LogP contribution in [-0.2, 0) is 22.5 Å². The van der Waals surface area contributed by atoms with E-state index < -0.39 is 5.97 Å². The smallest absolute Gasteiger partial charge is 0.341 e. The van der Waals surface area contributed by atoms with E-state index in [0.717, 1.165) is 41.7 Å². The number of hydrogen-bond donors (Lipinski definition) is 1. The lowest BCUT2D eigenvalue weighted by Gasteiger charge is -2.07. The van der Waals surface area contributed by atoms with E-state index in [0.29, 0.717) is 23.1 Å². The molecule has 0 radical (unpaired) electrons. The highest BCUT2D eigenvalue weighted by Gasteiger charge is 2.30. The van der Waals surface area contributed by atoms with Gasteiger partial charge in [0.15, 0.2) is 5.16 Å². The minimum atomic E-state index is -0.406. The maximum absolute atomic E-state index is 12.4. The molecule has 1 N–H and O–H groups in total. The number of amides is 1. The number of nitrogens with zero attached hydrogens (tertiary/aromatic N) is 3. The minimum Gasteiger partial charge on any atom is -0.462 e. The third-order valence-electron chi connectivity index (χ3n) is 4.22. The van der Waals surface area contributed by atoms with Crippen LogP contribution < -0.4 is 5.32 Å². The molecule has 27 heavy (non-hydrogen) atoms. The van der Waals surface area contributed by atoms with Gasteiger partial charge >= 0.3 is 5.97 Å². The fourth-order valence-electron chi connectivity index (χ4n) is 2.71. The molecule has 0 aliphatic heterocycles. The van der Waals surface area contributed by atoms with Crippen LogP contribution in [0.4, 0.5) is 5.00 Å². The summed E-state index contributed by atoms with van der Waals surface area (Å²) in [4.78, 5) is 25.6. The molecule has 0 bridgehead atoms. The van der Waals surface area contributed by atoms with Crippen LogP contribution in [0, 0.1) is 0 Å². The van der Waals surface area contributed by atoms with E-state index in [4.69, 9.17) is 4.74 Å². The quantitative estimate of drug-likeness (QED) is 0.503. The van der Waals surface area contributed by atoms with Gasteiger partial charge in [-0.05, 0) is 39.2 Å². The zero-order valence-electron chi connectivity index (χ0n) is 15.8. The van der Waals surface area contributed by atoms with Crippen molar-refractivity contribution in [2.24, 2.45) is 0 Å². The number of ether oxygens (including phenoxy) is 1. The van der Waals surface area contributed by atoms with Crippen molar-refractivity contribution < 1.29 is 14.3 Å². The molecule has 9 heteroatoms. The van der Waals surface area contributed by atoms with Gasteiger partial charge in [-0.15, -0.1) is 21.5 Å². The Kier molecular flexibility index (Phi) is 6.54. The number of thiophene rings is 1. The first kappa shape index (κ1) is 19.9. The SMILES string of the molecule is CCOC(=O)c1cc(CC)sc1NC(=O)CSc1nnc(C2CC2)n1CC. The molecule has 1 aliphatic carbocycles. The Bertz CT molecular complexity index is 827. The number of esters is 1. The van der Waals surface area contributed by atoms with E-state index in [9.17, 15) is 9.59 Å². The zero-order chi connectivity index (χ0) is 19.4. The summed E-state index contributed by atoms with van der Waals surface area (Å²) in [5, 5.41) is 12.7. The maximum Gasteiger partial charge on any atom is 0.341 e. The molecular weight excluding hydrogens is 384 g/mol. The molecule has 1 saturated carbocycles. The number of aryl methyl sites for hydroxylation is 1. The van der Waals surface area contributed by atoms with Gasteiger partial charge in [-0.1, -0.05) is 18.7 Å². The molecule has 2 aromatic rings. The Balaban J connectivity index is 1.64. The van der Waals surface area contributed by atoms with E-state index in [1.165, 1.54) is 23.1 Å². The van der Waals surface area contributed by atoms with Crippen molar-refractivity contribution in [3.8, 4) is 0 Å². The lowest BCUT2D eigenvalue weighted by molar-refractivity contribution is -0.113. The average Bonchev–Trinajstić information content (AvgIpc) is 3.29. The van der Waals surface area contributed by atoms with Crippen LogP contribution in [0.5, 0.6) is 0 Å². The first-order chi connectivity index (χ1) is 13.1. The van der Waals surface area contributed by atoms with Crippen molar-refractivity contribution >= 4 is 40.0 Å². The second-order valence-electron chi connectivity index (χ2n) is 6.23. The second kappa shape index (κ2) is 8.88. The lowest BCUT2D eigenvalue weighted by Crippen LogP contribution is -2.16. The van der Waals surface area contributed by atoms with Gasteiger partial charge in [0.2, 0.25) is 5.91 Å². The van der Waals surface area contributed by atoms with Gasteiger partial charge in [0.05, 0.1) is 17.9 Å². The number of nitrogens with one attached hydrogen (secondary N) is 1. The first-order valence-electron chi connectivity index (χ1n) is 9.22. The molecular formula is C18H24N4O3S2. The van der Waals surface area contributed by atoms with Crippen LogP contribution in [0.2, 0.25) is 0 Å². The number of aromatic nitrogens is 3. The fraction of sp³-hybridized carbons (Fsp3) is 0.556. The molecule has 3 rings (SSSR count). The first-order valence-corrected chi connectivity index (χ1v) is 11.0. The number of hydrogen-bond acceptors (Lipinski definition) is 7. The Morgan fingerprint density at radius 1 is 1.33 bits per heavy atom. The van der Waals surface area contributed by atoms with Crippen molar-refractivity contribution in [3.63, 3.8) is 0 Å². The normalized spacial score (nSPS) is 13.6. The highest BCUT2D eigenvalue weighted by molar-refractivity contribution is 7.99. The molecule has 7 nitrogen and oxygen atoms in total. The van der Waals surface area contributed by atoms with Crippen molar-refractivity contribution in [2.45, 2.75) is 57.7 Å². The molecule has 0 saturated heterocycles. The average molecular weight is 409 g/mol. The number of rotatable bonds is 9. The van der Waals surface area contributed by atoms with Gasteiger partial charge in [-0.3, -0.25) is 4.79 Å². The van der Waals surface area contributed by atoms with Crippen molar-refractivity contribution in [1.29, 1.82) is 0 Å². The molecule has 1 amide bonds. The highest BCUT2D eigenvalue weighted by atomic mass is 32.2. The van der Waals surface area contributed by atoms with E-state index in [1.54, 1.807) is 13.0 Å². The predicted molar refractivity (Wildman–Crippen MR) is 107 cm³/mol. The topological polar surface area (TPSA) is 86.1 Å². The molecule has 1 fully saturated rings. The van der Waals surface area contributed by atoms with Gasteiger partial charge in [-0.2, -0.15) is 0 Å². The second-order valence-corrected chi connectivity index (χ2v) is 8.30. The van der Waals surface area contributed by atoms with E-state index in [1.807, 2.05) is 6.92 Å². The number of carbonyl (C=O) groups is 2. The molecule has 0 aromatic carbocycles. The maximum atomic E-state index is 12.4. The Morgan fingerprint density at radius 2 is 2.11 bits per heavy atom. The standard InChI is InChI=1S/C18H24N4O3S2/c1-4-12-9-13(17(24)25-6-3)16(27-12)19-14(23)10-26-18-21-20-15(11-7-8-11)22(18)5-2/h9,11H,4-8,10H2,1-3H3,(H,19,23). The Labute approximate surface area is 166 Å². The zero-order valence-corrected chi connectivity index (χ0v) is 17.4. The van der Waals surface area contributed by atoms with Crippen LogP contribution in [0.15, 0.2) is 11.2 Å². The van der Waals surface area contributed by atoms with Gasteiger partial charge in [0.25, 0.3) is 0 Å². The summed E-state index contributed by atoms with van der Waals surface area (Å²) >= 11 is 2.78. The largest absolute Gasteiger partial charge is 0.462 e. The lowest BCUT2D eigenvalue weighted by atomic mass is 10.2. The predicted octanol–water partition coefficient (Wildman–Crippen LogP) is 3.71. The third kappa shape index (κ3) is 4.70. The molecule has 0 unspecified atom stereocenters. The van der Waals surface area contributed by atoms with E-state index in [-0.39, 0.29) is 11.7 Å². The summed E-state index contributed by atoms with van der Waals surface area (Å²) < 4.78 is 7.17. The van der Waals surface area contributed by atoms with Gasteiger partial charge in [0, 0.05) is 17.3 Å². The van der Waals surface area contributed by atoms with Crippen LogP contribution in [-0.4, -0.2) is 39.0 Å². The molecule has 0 spiro atoms. The van der Waals surface area contributed by atoms with E-state index in [2.05, 4.69) is 27.0 Å². The molecule has 146 valence electrons. The summed E-state index contributed by atoms with van der Waals surface area (Å²) in [6.45, 7) is 6.93. The molecule has 1 aliphatic rings. The van der Waals surface area contributed by atoms with Gasteiger partial charge < -0.3 is 14.6 Å². The summed E-state index contributed by atoms with van der Waals surface area (Å²) in [5.41, 5.74) is 0.421. The third-order valence-corrected chi connectivity index (χ3v) is 6.38. The van der Waals surface area contributed by atoms with Crippen LogP contribution in [0.3, 0.4) is 0 Å². The summed E-state index contributed by atoms with van der Waals surface area (Å²) in [5.74, 6) is 1.18. The molecule has 2 aromatic heterocycles. The fourth-order valence-corrected chi connectivity index (χ4v) is 4.52. The van der Waals surface area contributed by atoms with Crippen molar-refractivity contribution in [3.05, 3.63) is 22.3 Å². The highest BCUT2D eigenvalue weighted by Crippen LogP contribution is 2.40. The monoisotopic (exact) mass is 408 g/mol.